The van der Waals surface area contributed by atoms with Gasteiger partial charge in [-0.25, -0.2) is 4.68 Å². The number of nitrogens with one attached hydrogen (secondary N) is 1. The van der Waals surface area contributed by atoms with Gasteiger partial charge in [0.05, 0.1) is 14.2 Å². The molecule has 2 heterocycles. The number of carbonyl (C=O) groups is 1. The zero-order chi connectivity index (χ0) is 22.1. The highest BCUT2D eigenvalue weighted by atomic mass is 16.5. The van der Waals surface area contributed by atoms with Crippen molar-refractivity contribution in [2.75, 3.05) is 19.5 Å². The minimum absolute atomic E-state index is 0.102. The topological polar surface area (TPSA) is 78.3 Å². The van der Waals surface area contributed by atoms with Crippen LogP contribution < -0.4 is 14.8 Å². The summed E-state index contributed by atoms with van der Waals surface area (Å²) < 4.78 is 12.7. The molecule has 0 amide bonds. The summed E-state index contributed by atoms with van der Waals surface area (Å²) in [5.41, 5.74) is 3.58. The molecule has 3 aromatic rings. The second-order valence-electron chi connectivity index (χ2n) is 7.92. The molecule has 0 radical (unpaired) electrons. The van der Waals surface area contributed by atoms with Gasteiger partial charge in [0.25, 0.3) is 0 Å². The lowest BCUT2D eigenvalue weighted by molar-refractivity contribution is -0.117. The number of ether oxygens (including phenoxy) is 2. The van der Waals surface area contributed by atoms with E-state index in [0.717, 1.165) is 28.8 Å². The highest BCUT2D eigenvalue weighted by molar-refractivity contribution is 6.00. The molecule has 0 spiro atoms. The molecule has 7 nitrogen and oxygen atoms in total. The summed E-state index contributed by atoms with van der Waals surface area (Å²) in [5, 5.41) is 7.75. The molecule has 0 saturated carbocycles. The summed E-state index contributed by atoms with van der Waals surface area (Å²) in [6.45, 7) is 0. The first-order chi connectivity index (χ1) is 15.7. The van der Waals surface area contributed by atoms with Gasteiger partial charge >= 0.3 is 0 Å². The molecule has 5 rings (SSSR count). The molecular weight excluding hydrogens is 404 g/mol. The minimum atomic E-state index is -0.406. The maximum absolute atomic E-state index is 13.4. The smallest absolute Gasteiger partial charge is 0.226 e. The van der Waals surface area contributed by atoms with E-state index in [4.69, 9.17) is 9.47 Å². The molecule has 0 bridgehead atoms. The number of hydrogen-bond acceptors (Lipinski definition) is 6. The minimum Gasteiger partial charge on any atom is -0.497 e. The summed E-state index contributed by atoms with van der Waals surface area (Å²) >= 11 is 0. The Hall–Kier alpha value is -3.87. The average Bonchev–Trinajstić information content (AvgIpc) is 3.30. The first-order valence-electron chi connectivity index (χ1n) is 10.6. The lowest BCUT2D eigenvalue weighted by Crippen LogP contribution is -2.33. The summed E-state index contributed by atoms with van der Waals surface area (Å²) in [4.78, 5) is 17.8. The van der Waals surface area contributed by atoms with E-state index in [2.05, 4.69) is 39.7 Å². The van der Waals surface area contributed by atoms with Gasteiger partial charge < -0.3 is 14.8 Å². The molecule has 2 atom stereocenters. The second-order valence-corrected chi connectivity index (χ2v) is 7.92. The molecule has 1 aliphatic heterocycles. The second kappa shape index (κ2) is 8.34. The Labute approximate surface area is 186 Å². The van der Waals surface area contributed by atoms with Crippen LogP contribution >= 0.6 is 0 Å². The number of hydrogen-bond donors (Lipinski definition) is 1. The quantitative estimate of drug-likeness (QED) is 0.654. The zero-order valence-corrected chi connectivity index (χ0v) is 18.0. The van der Waals surface area contributed by atoms with Crippen molar-refractivity contribution in [3.63, 3.8) is 0 Å². The number of Topliss-reactive ketones (excluding diaryl/α,β-unsaturated/α-hetero) is 1. The van der Waals surface area contributed by atoms with Gasteiger partial charge in [-0.3, -0.25) is 4.79 Å². The van der Waals surface area contributed by atoms with Crippen LogP contribution in [-0.4, -0.2) is 34.8 Å². The van der Waals surface area contributed by atoms with E-state index in [1.165, 1.54) is 6.33 Å². The van der Waals surface area contributed by atoms with E-state index in [1.807, 2.05) is 36.4 Å². The summed E-state index contributed by atoms with van der Waals surface area (Å²) in [5.74, 6) is 2.16. The van der Waals surface area contributed by atoms with Crippen LogP contribution in [0.1, 0.15) is 30.0 Å². The van der Waals surface area contributed by atoms with Gasteiger partial charge in [0, 0.05) is 29.3 Å². The van der Waals surface area contributed by atoms with E-state index < -0.39 is 6.04 Å². The number of nitrogens with zero attached hydrogens (tertiary/aromatic N) is 3. The van der Waals surface area contributed by atoms with E-state index in [1.54, 1.807) is 18.9 Å². The molecule has 1 aromatic heterocycles. The predicted octanol–water partition coefficient (Wildman–Crippen LogP) is 4.26. The van der Waals surface area contributed by atoms with Crippen LogP contribution in [0.4, 0.5) is 5.95 Å². The number of benzene rings is 2. The fourth-order valence-corrected chi connectivity index (χ4v) is 4.46. The number of fused-ring (bicyclic) bond motifs is 1. The number of aromatic nitrogens is 3. The van der Waals surface area contributed by atoms with Crippen LogP contribution in [0.2, 0.25) is 0 Å². The zero-order valence-electron chi connectivity index (χ0n) is 18.0. The molecule has 1 N–H and O–H groups in total. The van der Waals surface area contributed by atoms with Gasteiger partial charge in [-0.15, -0.1) is 0 Å². The number of allylic oxidation sites excluding steroid dienone is 3. The van der Waals surface area contributed by atoms with Crippen molar-refractivity contribution in [2.45, 2.75) is 18.9 Å². The molecule has 32 heavy (non-hydrogen) atoms. The Morgan fingerprint density at radius 1 is 1.09 bits per heavy atom. The van der Waals surface area contributed by atoms with Crippen LogP contribution in [-0.2, 0) is 4.79 Å². The standard InChI is InChI=1S/C25H24N4O3/c1-31-18-10-11-19(22(14-18)32-2)24-23-20(28-25-26-15-27-29(24)25)12-17(13-21(23)30)9-8-16-6-4-3-5-7-16/h3-11,14-15,17,24H,12-13H2,1-2H3,(H,26,27,28)/b9-8+. The van der Waals surface area contributed by atoms with Crippen molar-refractivity contribution in [1.29, 1.82) is 0 Å². The number of ketones is 1. The third-order valence-electron chi connectivity index (χ3n) is 5.99. The summed E-state index contributed by atoms with van der Waals surface area (Å²) in [6.07, 6.45) is 6.88. The molecule has 2 aromatic carbocycles. The molecular formula is C25H24N4O3. The van der Waals surface area contributed by atoms with E-state index in [-0.39, 0.29) is 11.7 Å². The molecule has 162 valence electrons. The average molecular weight is 428 g/mol. The monoisotopic (exact) mass is 428 g/mol. The number of rotatable bonds is 5. The van der Waals surface area contributed by atoms with Crippen LogP contribution in [0.5, 0.6) is 11.5 Å². The lowest BCUT2D eigenvalue weighted by atomic mass is 9.80. The molecule has 1 aliphatic carbocycles. The van der Waals surface area contributed by atoms with E-state index in [9.17, 15) is 4.79 Å². The third-order valence-corrected chi connectivity index (χ3v) is 5.99. The van der Waals surface area contributed by atoms with E-state index in [0.29, 0.717) is 23.9 Å². The van der Waals surface area contributed by atoms with Crippen LogP contribution in [0.15, 0.2) is 72.2 Å². The summed E-state index contributed by atoms with van der Waals surface area (Å²) in [7, 11) is 3.23. The maximum atomic E-state index is 13.4. The van der Waals surface area contributed by atoms with Crippen molar-refractivity contribution in [1.82, 2.24) is 14.8 Å². The Balaban J connectivity index is 1.54. The van der Waals surface area contributed by atoms with Gasteiger partial charge in [0.2, 0.25) is 5.95 Å². The number of anilines is 1. The predicted molar refractivity (Wildman–Crippen MR) is 122 cm³/mol. The van der Waals surface area contributed by atoms with Crippen molar-refractivity contribution >= 4 is 17.8 Å². The largest absolute Gasteiger partial charge is 0.497 e. The highest BCUT2D eigenvalue weighted by Gasteiger charge is 2.39. The SMILES string of the molecule is COc1ccc(C2C3=C(CC(/C=C/c4ccccc4)CC3=O)Nc3ncnn32)c(OC)c1. The molecule has 2 unspecified atom stereocenters. The first kappa shape index (κ1) is 20.1. The Morgan fingerprint density at radius 2 is 1.94 bits per heavy atom. The number of carbonyl (C=O) groups excluding carboxylic acids is 1. The first-order valence-corrected chi connectivity index (χ1v) is 10.6. The normalized spacial score (nSPS) is 20.0. The third kappa shape index (κ3) is 3.56. The molecule has 0 saturated heterocycles. The molecule has 0 fully saturated rings. The lowest BCUT2D eigenvalue weighted by Gasteiger charge is -2.34. The van der Waals surface area contributed by atoms with Gasteiger partial charge in [0.15, 0.2) is 5.78 Å². The maximum Gasteiger partial charge on any atom is 0.226 e. The van der Waals surface area contributed by atoms with Crippen molar-refractivity contribution < 1.29 is 14.3 Å². The highest BCUT2D eigenvalue weighted by Crippen LogP contribution is 2.44. The van der Waals surface area contributed by atoms with Gasteiger partial charge in [0.1, 0.15) is 23.9 Å². The molecule has 7 heteroatoms. The fourth-order valence-electron chi connectivity index (χ4n) is 4.46. The van der Waals surface area contributed by atoms with Crippen molar-refractivity contribution in [3.05, 3.63) is 83.3 Å². The van der Waals surface area contributed by atoms with Crippen LogP contribution in [0.25, 0.3) is 6.08 Å². The Morgan fingerprint density at radius 3 is 2.72 bits per heavy atom. The summed E-state index contributed by atoms with van der Waals surface area (Å²) in [6, 6.07) is 15.3. The van der Waals surface area contributed by atoms with Crippen LogP contribution in [0.3, 0.4) is 0 Å². The number of methoxy groups -OCH3 is 2. The van der Waals surface area contributed by atoms with E-state index >= 15 is 0 Å². The van der Waals surface area contributed by atoms with Gasteiger partial charge in [-0.2, -0.15) is 10.1 Å². The fraction of sp³-hybridized carbons (Fsp3) is 0.240. The Kier molecular flexibility index (Phi) is 5.23. The molecule has 2 aliphatic rings. The van der Waals surface area contributed by atoms with Gasteiger partial charge in [-0.1, -0.05) is 42.5 Å². The van der Waals surface area contributed by atoms with Gasteiger partial charge in [-0.05, 0) is 30.0 Å². The van der Waals surface area contributed by atoms with Crippen molar-refractivity contribution in [2.24, 2.45) is 5.92 Å². The van der Waals surface area contributed by atoms with Crippen molar-refractivity contribution in [3.8, 4) is 11.5 Å². The Bertz CT molecular complexity index is 1210. The van der Waals surface area contributed by atoms with Crippen LogP contribution in [0, 0.1) is 5.92 Å².